The van der Waals surface area contributed by atoms with Crippen LogP contribution in [0.1, 0.15) is 25.3 Å². The zero-order valence-electron chi connectivity index (χ0n) is 23.2. The van der Waals surface area contributed by atoms with Crippen molar-refractivity contribution in [2.45, 2.75) is 26.7 Å². The fraction of sp³-hybridized carbons (Fsp3) is 0.739. The number of aromatic nitrogens is 1. The van der Waals surface area contributed by atoms with E-state index in [2.05, 4.69) is 4.98 Å². The fourth-order valence-electron chi connectivity index (χ4n) is 3.07. The summed E-state index contributed by atoms with van der Waals surface area (Å²) in [6.07, 6.45) is 2.49. The first-order valence-electron chi connectivity index (χ1n) is 12.3. The van der Waals surface area contributed by atoms with Crippen LogP contribution in [0, 0.1) is 6.92 Å². The van der Waals surface area contributed by atoms with Crippen LogP contribution in [0.5, 0.6) is 17.5 Å². The third-order valence-corrected chi connectivity index (χ3v) is 5.74. The SMILES string of the molecule is CCOC(=O)CCCN(CCOCCOCCOC)CCOc1cc(OS(C)(=O)=O)nc(OS(C)(=O)=O)c1C. The number of esters is 1. The van der Waals surface area contributed by atoms with E-state index in [0.717, 1.165) is 12.5 Å². The highest BCUT2D eigenvalue weighted by Gasteiger charge is 2.19. The highest BCUT2D eigenvalue weighted by Crippen LogP contribution is 2.31. The minimum absolute atomic E-state index is 0.137. The largest absolute Gasteiger partial charge is 0.492 e. The zero-order chi connectivity index (χ0) is 29.3. The predicted octanol–water partition coefficient (Wildman–Crippen LogP) is 0.771. The maximum atomic E-state index is 11.7. The predicted molar refractivity (Wildman–Crippen MR) is 141 cm³/mol. The lowest BCUT2D eigenvalue weighted by atomic mass is 10.2. The second kappa shape index (κ2) is 18.2. The standard InChI is InChI=1S/C23H40N2O12S2/c1-6-34-22(26)8-7-9-25(10-12-32-16-17-33-15-14-31-3)11-13-35-20-18-21(36-38(4,27)28)24-23(19(20)2)37-39(5,29)30/h18H,6-17H2,1-5H3. The van der Waals surface area contributed by atoms with Crippen LogP contribution in [0.25, 0.3) is 0 Å². The molecule has 1 heterocycles. The van der Waals surface area contributed by atoms with Crippen molar-refractivity contribution in [1.29, 1.82) is 0 Å². The fourth-order valence-corrected chi connectivity index (χ4v) is 3.92. The van der Waals surface area contributed by atoms with Crippen LogP contribution in [-0.4, -0.2) is 118 Å². The summed E-state index contributed by atoms with van der Waals surface area (Å²) < 4.78 is 82.8. The van der Waals surface area contributed by atoms with Gasteiger partial charge in [0, 0.05) is 32.7 Å². The van der Waals surface area contributed by atoms with Gasteiger partial charge < -0.3 is 32.1 Å². The Morgan fingerprint density at radius 1 is 0.897 bits per heavy atom. The summed E-state index contributed by atoms with van der Waals surface area (Å²) in [5.74, 6) is -0.897. The Bertz CT molecular complexity index is 1080. The summed E-state index contributed by atoms with van der Waals surface area (Å²) in [6, 6.07) is 1.24. The van der Waals surface area contributed by atoms with Gasteiger partial charge in [-0.3, -0.25) is 9.69 Å². The van der Waals surface area contributed by atoms with E-state index in [1.807, 2.05) is 4.90 Å². The lowest BCUT2D eigenvalue weighted by Crippen LogP contribution is -2.33. The molecule has 0 amide bonds. The van der Waals surface area contributed by atoms with Gasteiger partial charge in [-0.2, -0.15) is 21.8 Å². The van der Waals surface area contributed by atoms with Crippen LogP contribution < -0.4 is 13.1 Å². The van der Waals surface area contributed by atoms with E-state index in [-0.39, 0.29) is 36.2 Å². The number of hydrogen-bond acceptors (Lipinski definition) is 14. The lowest BCUT2D eigenvalue weighted by Gasteiger charge is -2.23. The van der Waals surface area contributed by atoms with E-state index in [0.29, 0.717) is 65.7 Å². The van der Waals surface area contributed by atoms with Crippen molar-refractivity contribution < 1.29 is 53.7 Å². The normalized spacial score (nSPS) is 11.9. The summed E-state index contributed by atoms with van der Waals surface area (Å²) in [5.41, 5.74) is 0.243. The van der Waals surface area contributed by atoms with Crippen LogP contribution in [0.2, 0.25) is 0 Å². The highest BCUT2D eigenvalue weighted by atomic mass is 32.2. The molecule has 0 bridgehead atoms. The van der Waals surface area contributed by atoms with E-state index >= 15 is 0 Å². The van der Waals surface area contributed by atoms with Crippen molar-refractivity contribution in [3.8, 4) is 17.5 Å². The Morgan fingerprint density at radius 2 is 1.51 bits per heavy atom. The molecule has 0 atom stereocenters. The Hall–Kier alpha value is -2.24. The molecule has 0 aromatic carbocycles. The van der Waals surface area contributed by atoms with Gasteiger partial charge in [0.2, 0.25) is 11.8 Å². The second-order valence-electron chi connectivity index (χ2n) is 8.28. The Balaban J connectivity index is 2.81. The Kier molecular flexibility index (Phi) is 16.2. The van der Waals surface area contributed by atoms with E-state index < -0.39 is 26.1 Å². The van der Waals surface area contributed by atoms with Crippen molar-refractivity contribution in [2.24, 2.45) is 0 Å². The first-order valence-corrected chi connectivity index (χ1v) is 15.9. The molecule has 0 saturated carbocycles. The molecule has 14 nitrogen and oxygen atoms in total. The number of carbonyl (C=O) groups is 1. The molecule has 1 aromatic heterocycles. The second-order valence-corrected chi connectivity index (χ2v) is 11.4. The van der Waals surface area contributed by atoms with Crippen LogP contribution in [-0.2, 0) is 44.0 Å². The maximum absolute atomic E-state index is 11.7. The minimum atomic E-state index is -3.95. The van der Waals surface area contributed by atoms with Gasteiger partial charge in [0.1, 0.15) is 12.4 Å². The molecule has 16 heteroatoms. The molecule has 226 valence electrons. The third kappa shape index (κ3) is 17.1. The summed E-state index contributed by atoms with van der Waals surface area (Å²) in [7, 11) is -6.30. The Labute approximate surface area is 231 Å². The van der Waals surface area contributed by atoms with Gasteiger partial charge in [0.05, 0.1) is 57.7 Å². The average Bonchev–Trinajstić information content (AvgIpc) is 2.81. The van der Waals surface area contributed by atoms with Gasteiger partial charge in [0.25, 0.3) is 0 Å². The van der Waals surface area contributed by atoms with Crippen molar-refractivity contribution in [3.05, 3.63) is 11.6 Å². The summed E-state index contributed by atoms with van der Waals surface area (Å²) in [6.45, 7) is 7.52. The first-order chi connectivity index (χ1) is 18.3. The van der Waals surface area contributed by atoms with Gasteiger partial charge in [-0.15, -0.1) is 0 Å². The van der Waals surface area contributed by atoms with Gasteiger partial charge in [-0.25, -0.2) is 0 Å². The molecule has 0 aliphatic rings. The number of nitrogens with zero attached hydrogens (tertiary/aromatic N) is 2. The van der Waals surface area contributed by atoms with Gasteiger partial charge >= 0.3 is 26.2 Å². The summed E-state index contributed by atoms with van der Waals surface area (Å²) in [5, 5.41) is 0. The molecule has 0 fully saturated rings. The van der Waals surface area contributed by atoms with Crippen molar-refractivity contribution in [2.75, 3.05) is 85.5 Å². The van der Waals surface area contributed by atoms with Gasteiger partial charge in [0.15, 0.2) is 0 Å². The lowest BCUT2D eigenvalue weighted by molar-refractivity contribution is -0.143. The number of carbonyl (C=O) groups excluding carboxylic acids is 1. The number of hydrogen-bond donors (Lipinski definition) is 0. The quantitative estimate of drug-likeness (QED) is 0.104. The molecule has 0 aliphatic heterocycles. The molecule has 0 N–H and O–H groups in total. The summed E-state index contributed by atoms with van der Waals surface area (Å²) in [4.78, 5) is 17.6. The molecule has 0 spiro atoms. The molecule has 39 heavy (non-hydrogen) atoms. The number of pyridine rings is 1. The molecule has 0 radical (unpaired) electrons. The first kappa shape index (κ1) is 34.8. The third-order valence-electron chi connectivity index (χ3n) is 4.81. The van der Waals surface area contributed by atoms with Gasteiger partial charge in [-0.05, 0) is 26.8 Å². The van der Waals surface area contributed by atoms with Crippen molar-refractivity contribution >= 4 is 26.2 Å². The van der Waals surface area contributed by atoms with Crippen molar-refractivity contribution in [1.82, 2.24) is 9.88 Å². The Morgan fingerprint density at radius 3 is 2.13 bits per heavy atom. The van der Waals surface area contributed by atoms with Crippen molar-refractivity contribution in [3.63, 3.8) is 0 Å². The molecule has 0 saturated heterocycles. The van der Waals surface area contributed by atoms with Crippen LogP contribution in [0.3, 0.4) is 0 Å². The average molecular weight is 601 g/mol. The smallest absolute Gasteiger partial charge is 0.307 e. The molecular weight excluding hydrogens is 560 g/mol. The van der Waals surface area contributed by atoms with E-state index in [1.165, 1.54) is 13.0 Å². The molecule has 1 aromatic rings. The zero-order valence-corrected chi connectivity index (χ0v) is 24.8. The number of ether oxygens (including phenoxy) is 5. The number of methoxy groups -OCH3 is 1. The van der Waals surface area contributed by atoms with E-state index in [4.69, 9.17) is 32.1 Å². The number of rotatable bonds is 22. The molecule has 0 aliphatic carbocycles. The molecule has 0 unspecified atom stereocenters. The topological polar surface area (TPSA) is 166 Å². The minimum Gasteiger partial charge on any atom is -0.492 e. The monoisotopic (exact) mass is 600 g/mol. The molecule has 1 rings (SSSR count). The molecular formula is C23H40N2O12S2. The maximum Gasteiger partial charge on any atom is 0.307 e. The van der Waals surface area contributed by atoms with Crippen LogP contribution in [0.15, 0.2) is 6.07 Å². The van der Waals surface area contributed by atoms with E-state index in [9.17, 15) is 21.6 Å². The highest BCUT2D eigenvalue weighted by molar-refractivity contribution is 7.86. The van der Waals surface area contributed by atoms with Crippen LogP contribution >= 0.6 is 0 Å². The van der Waals surface area contributed by atoms with Gasteiger partial charge in [-0.1, -0.05) is 0 Å². The summed E-state index contributed by atoms with van der Waals surface area (Å²) >= 11 is 0. The van der Waals surface area contributed by atoms with Crippen LogP contribution in [0.4, 0.5) is 0 Å². The van der Waals surface area contributed by atoms with E-state index in [1.54, 1.807) is 14.0 Å².